The number of likely N-dealkylation sites (tertiary alicyclic amines) is 1. The van der Waals surface area contributed by atoms with Gasteiger partial charge in [0.25, 0.3) is 0 Å². The highest BCUT2D eigenvalue weighted by Gasteiger charge is 2.26. The van der Waals surface area contributed by atoms with E-state index in [1.165, 1.54) is 5.56 Å². The summed E-state index contributed by atoms with van der Waals surface area (Å²) in [6, 6.07) is 14.3. The zero-order valence-electron chi connectivity index (χ0n) is 17.0. The van der Waals surface area contributed by atoms with Gasteiger partial charge in [-0.25, -0.2) is 4.68 Å². The van der Waals surface area contributed by atoms with Gasteiger partial charge in [0.1, 0.15) is 5.82 Å². The van der Waals surface area contributed by atoms with Crippen LogP contribution in [0, 0.1) is 5.92 Å². The lowest BCUT2D eigenvalue weighted by molar-refractivity contribution is -0.126. The predicted octanol–water partition coefficient (Wildman–Crippen LogP) is 3.40. The summed E-state index contributed by atoms with van der Waals surface area (Å²) in [7, 11) is 0. The maximum absolute atomic E-state index is 12.2. The van der Waals surface area contributed by atoms with Crippen molar-refractivity contribution in [2.24, 2.45) is 5.92 Å². The SMILES string of the molecule is CCCNC(=O)C1CCN(Cc2cnn(-c3ccccc3)c2-n2cccc2)CC1. The predicted molar refractivity (Wildman–Crippen MR) is 114 cm³/mol. The van der Waals surface area contributed by atoms with Gasteiger partial charge in [0.2, 0.25) is 5.91 Å². The summed E-state index contributed by atoms with van der Waals surface area (Å²) in [6.45, 7) is 5.57. The Morgan fingerprint density at radius 1 is 1.10 bits per heavy atom. The first-order valence-corrected chi connectivity index (χ1v) is 10.5. The van der Waals surface area contributed by atoms with Crippen LogP contribution in [0.15, 0.2) is 61.1 Å². The first kappa shape index (κ1) is 19.5. The number of carbonyl (C=O) groups excluding carboxylic acids is 1. The van der Waals surface area contributed by atoms with E-state index in [2.05, 4.69) is 51.3 Å². The molecular weight excluding hydrogens is 362 g/mol. The molecule has 0 aliphatic carbocycles. The lowest BCUT2D eigenvalue weighted by Crippen LogP contribution is -2.40. The van der Waals surface area contributed by atoms with Crippen LogP contribution in [0.4, 0.5) is 0 Å². The van der Waals surface area contributed by atoms with Crippen molar-refractivity contribution < 1.29 is 4.79 Å². The number of nitrogens with zero attached hydrogens (tertiary/aromatic N) is 4. The van der Waals surface area contributed by atoms with E-state index in [1.54, 1.807) is 0 Å². The van der Waals surface area contributed by atoms with Crippen LogP contribution in [0.5, 0.6) is 0 Å². The number of nitrogens with one attached hydrogen (secondary N) is 1. The van der Waals surface area contributed by atoms with Crippen LogP contribution in [-0.2, 0) is 11.3 Å². The molecule has 29 heavy (non-hydrogen) atoms. The molecule has 0 unspecified atom stereocenters. The normalized spacial score (nSPS) is 15.5. The topological polar surface area (TPSA) is 55.1 Å². The fourth-order valence-electron chi connectivity index (χ4n) is 3.98. The van der Waals surface area contributed by atoms with E-state index in [4.69, 9.17) is 0 Å². The number of amides is 1. The number of hydrogen-bond acceptors (Lipinski definition) is 3. The van der Waals surface area contributed by atoms with E-state index in [1.807, 2.05) is 41.2 Å². The van der Waals surface area contributed by atoms with Crippen molar-refractivity contribution >= 4 is 5.91 Å². The molecule has 0 bridgehead atoms. The molecule has 3 aromatic rings. The number of carbonyl (C=O) groups is 1. The van der Waals surface area contributed by atoms with E-state index >= 15 is 0 Å². The molecule has 0 radical (unpaired) electrons. The first-order valence-electron chi connectivity index (χ1n) is 10.5. The van der Waals surface area contributed by atoms with Crippen molar-refractivity contribution in [3.63, 3.8) is 0 Å². The Labute approximate surface area is 172 Å². The van der Waals surface area contributed by atoms with Gasteiger partial charge in [-0.15, -0.1) is 0 Å². The van der Waals surface area contributed by atoms with Crippen LogP contribution in [0.1, 0.15) is 31.7 Å². The molecule has 1 amide bonds. The van der Waals surface area contributed by atoms with Gasteiger partial charge < -0.3 is 9.88 Å². The minimum Gasteiger partial charge on any atom is -0.356 e. The summed E-state index contributed by atoms with van der Waals surface area (Å²) in [5.74, 6) is 1.44. The third-order valence-corrected chi connectivity index (χ3v) is 5.57. The zero-order valence-corrected chi connectivity index (χ0v) is 17.0. The summed E-state index contributed by atoms with van der Waals surface area (Å²) in [4.78, 5) is 14.7. The molecule has 0 saturated carbocycles. The van der Waals surface area contributed by atoms with E-state index in [9.17, 15) is 4.79 Å². The van der Waals surface area contributed by atoms with E-state index < -0.39 is 0 Å². The van der Waals surface area contributed by atoms with Gasteiger partial charge in [-0.1, -0.05) is 25.1 Å². The second-order valence-corrected chi connectivity index (χ2v) is 7.67. The summed E-state index contributed by atoms with van der Waals surface area (Å²) in [5.41, 5.74) is 2.24. The van der Waals surface area contributed by atoms with Gasteiger partial charge in [0.15, 0.2) is 0 Å². The van der Waals surface area contributed by atoms with Gasteiger partial charge in [-0.2, -0.15) is 5.10 Å². The Balaban J connectivity index is 1.49. The highest BCUT2D eigenvalue weighted by Crippen LogP contribution is 2.24. The highest BCUT2D eigenvalue weighted by atomic mass is 16.1. The number of para-hydroxylation sites is 1. The molecule has 1 saturated heterocycles. The van der Waals surface area contributed by atoms with E-state index in [0.717, 1.165) is 56.9 Å². The number of hydrogen-bond donors (Lipinski definition) is 1. The molecule has 1 aromatic carbocycles. The van der Waals surface area contributed by atoms with Crippen molar-refractivity contribution in [3.05, 3.63) is 66.6 Å². The maximum Gasteiger partial charge on any atom is 0.223 e. The maximum atomic E-state index is 12.2. The molecule has 3 heterocycles. The third kappa shape index (κ3) is 4.43. The van der Waals surface area contributed by atoms with Gasteiger partial charge in [0, 0.05) is 37.0 Å². The summed E-state index contributed by atoms with van der Waals surface area (Å²) >= 11 is 0. The fourth-order valence-corrected chi connectivity index (χ4v) is 3.98. The van der Waals surface area contributed by atoms with Gasteiger partial charge in [-0.05, 0) is 56.6 Å². The summed E-state index contributed by atoms with van der Waals surface area (Å²) in [5, 5.41) is 7.73. The Kier molecular flexibility index (Phi) is 6.10. The third-order valence-electron chi connectivity index (χ3n) is 5.57. The lowest BCUT2D eigenvalue weighted by Gasteiger charge is -2.31. The molecule has 0 atom stereocenters. The van der Waals surface area contributed by atoms with Crippen molar-refractivity contribution in [2.75, 3.05) is 19.6 Å². The molecule has 6 nitrogen and oxygen atoms in total. The number of benzene rings is 1. The Bertz CT molecular complexity index is 908. The first-order chi connectivity index (χ1) is 14.3. The molecule has 1 aliphatic heterocycles. The van der Waals surface area contributed by atoms with Gasteiger partial charge in [-0.3, -0.25) is 9.69 Å². The number of rotatable bonds is 7. The summed E-state index contributed by atoms with van der Waals surface area (Å²) < 4.78 is 4.13. The molecule has 0 spiro atoms. The fraction of sp³-hybridized carbons (Fsp3) is 0.391. The average molecular weight is 392 g/mol. The standard InChI is InChI=1S/C23H29N5O/c1-2-12-24-22(29)19-10-15-26(16-11-19)18-20-17-25-28(21-8-4-3-5-9-21)23(20)27-13-6-7-14-27/h3-9,13-14,17,19H,2,10-12,15-16,18H2,1H3,(H,24,29). The summed E-state index contributed by atoms with van der Waals surface area (Å²) in [6.07, 6.45) is 8.91. The zero-order chi connectivity index (χ0) is 20.1. The minimum atomic E-state index is 0.147. The van der Waals surface area contributed by atoms with Crippen LogP contribution < -0.4 is 5.32 Å². The molecule has 1 fully saturated rings. The molecule has 1 N–H and O–H groups in total. The van der Waals surface area contributed by atoms with Gasteiger partial charge in [0.05, 0.1) is 11.9 Å². The highest BCUT2D eigenvalue weighted by molar-refractivity contribution is 5.78. The van der Waals surface area contributed by atoms with Crippen molar-refractivity contribution in [3.8, 4) is 11.5 Å². The molecule has 1 aliphatic rings. The molecule has 152 valence electrons. The Morgan fingerprint density at radius 3 is 2.52 bits per heavy atom. The molecule has 4 rings (SSSR count). The average Bonchev–Trinajstić information content (AvgIpc) is 3.43. The second kappa shape index (κ2) is 9.09. The molecule has 2 aromatic heterocycles. The largest absolute Gasteiger partial charge is 0.356 e. The van der Waals surface area contributed by atoms with Crippen LogP contribution >= 0.6 is 0 Å². The second-order valence-electron chi connectivity index (χ2n) is 7.67. The van der Waals surface area contributed by atoms with E-state index in [-0.39, 0.29) is 11.8 Å². The minimum absolute atomic E-state index is 0.147. The lowest BCUT2D eigenvalue weighted by atomic mass is 9.95. The van der Waals surface area contributed by atoms with Crippen molar-refractivity contribution in [1.29, 1.82) is 0 Å². The van der Waals surface area contributed by atoms with Crippen molar-refractivity contribution in [1.82, 2.24) is 24.6 Å². The van der Waals surface area contributed by atoms with Crippen LogP contribution in [0.2, 0.25) is 0 Å². The van der Waals surface area contributed by atoms with Crippen LogP contribution in [0.25, 0.3) is 11.5 Å². The van der Waals surface area contributed by atoms with E-state index in [0.29, 0.717) is 0 Å². The quantitative estimate of drug-likeness (QED) is 0.672. The molecular formula is C23H29N5O. The number of piperidine rings is 1. The van der Waals surface area contributed by atoms with Crippen LogP contribution in [0.3, 0.4) is 0 Å². The van der Waals surface area contributed by atoms with Crippen molar-refractivity contribution in [2.45, 2.75) is 32.7 Å². The molecule has 6 heteroatoms. The van der Waals surface area contributed by atoms with Crippen LogP contribution in [-0.4, -0.2) is 44.8 Å². The number of aromatic nitrogens is 3. The monoisotopic (exact) mass is 391 g/mol. The Hall–Kier alpha value is -2.86. The smallest absolute Gasteiger partial charge is 0.223 e. The Morgan fingerprint density at radius 2 is 1.83 bits per heavy atom. The van der Waals surface area contributed by atoms with Gasteiger partial charge >= 0.3 is 0 Å².